The molecule has 1 unspecified atom stereocenters. The number of sulfonamides is 1. The summed E-state index contributed by atoms with van der Waals surface area (Å²) in [5, 5.41) is 17.8. The molecule has 1 aliphatic rings. The van der Waals surface area contributed by atoms with Crippen molar-refractivity contribution in [3.63, 3.8) is 0 Å². The molecular weight excluding hydrogens is 316 g/mol. The first kappa shape index (κ1) is 15.8. The minimum Gasteiger partial charge on any atom is -0.478 e. The van der Waals surface area contributed by atoms with Crippen molar-refractivity contribution < 1.29 is 18.3 Å². The fourth-order valence-electron chi connectivity index (χ4n) is 2.29. The molecule has 1 aromatic rings. The van der Waals surface area contributed by atoms with E-state index in [1.54, 1.807) is 0 Å². The van der Waals surface area contributed by atoms with Crippen LogP contribution in [0.3, 0.4) is 0 Å². The average molecular weight is 329 g/mol. The highest BCUT2D eigenvalue weighted by Gasteiger charge is 2.34. The van der Waals surface area contributed by atoms with Gasteiger partial charge in [0.15, 0.2) is 0 Å². The Morgan fingerprint density at radius 3 is 2.71 bits per heavy atom. The lowest BCUT2D eigenvalue weighted by Gasteiger charge is -2.30. The van der Waals surface area contributed by atoms with E-state index in [-0.39, 0.29) is 22.0 Å². The normalized spacial score (nSPS) is 19.9. The zero-order valence-corrected chi connectivity index (χ0v) is 12.6. The van der Waals surface area contributed by atoms with Crippen molar-refractivity contribution in [3.8, 4) is 6.07 Å². The predicted molar refractivity (Wildman–Crippen MR) is 75.6 cm³/mol. The standard InChI is InChI=1S/C13H13ClN2O4S/c14-11-7-9(13(17)18)4-5-12(11)21(19,20)16-6-2-1-3-10(16)8-15/h4-5,7,10H,1-3,6H2,(H,17,18). The number of nitriles is 1. The van der Waals surface area contributed by atoms with Crippen LogP contribution < -0.4 is 0 Å². The summed E-state index contributed by atoms with van der Waals surface area (Å²) in [5.41, 5.74) is -0.0885. The van der Waals surface area contributed by atoms with E-state index in [0.29, 0.717) is 12.8 Å². The van der Waals surface area contributed by atoms with Gasteiger partial charge in [-0.3, -0.25) is 0 Å². The summed E-state index contributed by atoms with van der Waals surface area (Å²) < 4.78 is 26.3. The Hall–Kier alpha value is -1.62. The Bertz CT molecular complexity index is 711. The van der Waals surface area contributed by atoms with E-state index in [2.05, 4.69) is 0 Å². The van der Waals surface area contributed by atoms with Crippen LogP contribution in [0.1, 0.15) is 29.6 Å². The molecule has 8 heteroatoms. The Balaban J connectivity index is 2.44. The SMILES string of the molecule is N#CC1CCCCN1S(=O)(=O)c1ccc(C(=O)O)cc1Cl. The molecule has 0 bridgehead atoms. The Kier molecular flexibility index (Phi) is 4.52. The van der Waals surface area contributed by atoms with Crippen molar-refractivity contribution in [3.05, 3.63) is 28.8 Å². The van der Waals surface area contributed by atoms with Gasteiger partial charge in [-0.1, -0.05) is 11.6 Å². The van der Waals surface area contributed by atoms with Crippen molar-refractivity contribution in [1.29, 1.82) is 5.26 Å². The number of aromatic carboxylic acids is 1. The molecule has 0 aliphatic carbocycles. The van der Waals surface area contributed by atoms with Crippen molar-refractivity contribution >= 4 is 27.6 Å². The molecule has 0 amide bonds. The molecule has 1 fully saturated rings. The maximum atomic E-state index is 12.6. The number of piperidine rings is 1. The summed E-state index contributed by atoms with van der Waals surface area (Å²) >= 11 is 5.92. The van der Waals surface area contributed by atoms with Crippen LogP contribution in [-0.2, 0) is 10.0 Å². The Labute approximate surface area is 127 Å². The highest BCUT2D eigenvalue weighted by atomic mass is 35.5. The van der Waals surface area contributed by atoms with E-state index in [0.717, 1.165) is 16.8 Å². The number of hydrogen-bond donors (Lipinski definition) is 1. The van der Waals surface area contributed by atoms with Gasteiger partial charge in [0, 0.05) is 6.54 Å². The van der Waals surface area contributed by atoms with Gasteiger partial charge in [0.25, 0.3) is 0 Å². The van der Waals surface area contributed by atoms with Crippen molar-refractivity contribution in [2.45, 2.75) is 30.2 Å². The first-order valence-corrected chi connectivity index (χ1v) is 8.14. The van der Waals surface area contributed by atoms with Crippen LogP contribution in [0.4, 0.5) is 0 Å². The minimum absolute atomic E-state index is 0.0885. The molecule has 1 saturated heterocycles. The van der Waals surface area contributed by atoms with Crippen molar-refractivity contribution in [2.24, 2.45) is 0 Å². The molecule has 6 nitrogen and oxygen atoms in total. The van der Waals surface area contributed by atoms with Crippen LogP contribution in [0.5, 0.6) is 0 Å². The lowest BCUT2D eigenvalue weighted by Crippen LogP contribution is -2.42. The van der Waals surface area contributed by atoms with Gasteiger partial charge >= 0.3 is 5.97 Å². The van der Waals surface area contributed by atoms with Gasteiger partial charge in [0.05, 0.1) is 16.7 Å². The van der Waals surface area contributed by atoms with Crippen LogP contribution in [0, 0.1) is 11.3 Å². The summed E-state index contributed by atoms with van der Waals surface area (Å²) in [4.78, 5) is 10.7. The largest absolute Gasteiger partial charge is 0.478 e. The number of carboxylic acid groups (broad SMARTS) is 1. The topological polar surface area (TPSA) is 98.5 Å². The molecule has 112 valence electrons. The van der Waals surface area contributed by atoms with Crippen LogP contribution in [0.25, 0.3) is 0 Å². The molecular formula is C13H13ClN2O4S. The maximum absolute atomic E-state index is 12.6. The maximum Gasteiger partial charge on any atom is 0.335 e. The summed E-state index contributed by atoms with van der Waals surface area (Å²) in [5.74, 6) is -1.19. The van der Waals surface area contributed by atoms with E-state index >= 15 is 0 Å². The number of carboxylic acids is 1. The van der Waals surface area contributed by atoms with E-state index in [4.69, 9.17) is 22.0 Å². The van der Waals surface area contributed by atoms with E-state index in [9.17, 15) is 13.2 Å². The average Bonchev–Trinajstić information content (AvgIpc) is 2.46. The number of rotatable bonds is 3. The quantitative estimate of drug-likeness (QED) is 0.916. The lowest BCUT2D eigenvalue weighted by atomic mass is 10.1. The number of carbonyl (C=O) groups is 1. The molecule has 2 rings (SSSR count). The summed E-state index contributed by atoms with van der Waals surface area (Å²) in [6.45, 7) is 0.261. The smallest absolute Gasteiger partial charge is 0.335 e. The number of halogens is 1. The first-order chi connectivity index (χ1) is 9.87. The van der Waals surface area contributed by atoms with E-state index in [1.807, 2.05) is 6.07 Å². The number of nitrogens with zero attached hydrogens (tertiary/aromatic N) is 2. The van der Waals surface area contributed by atoms with Gasteiger partial charge < -0.3 is 5.11 Å². The molecule has 0 spiro atoms. The Morgan fingerprint density at radius 1 is 1.43 bits per heavy atom. The molecule has 1 atom stereocenters. The third-order valence-corrected chi connectivity index (χ3v) is 5.76. The van der Waals surface area contributed by atoms with Gasteiger partial charge in [-0.15, -0.1) is 0 Å². The second-order valence-corrected chi connectivity index (χ2v) is 6.97. The van der Waals surface area contributed by atoms with E-state index in [1.165, 1.54) is 12.1 Å². The van der Waals surface area contributed by atoms with Crippen LogP contribution in [0.15, 0.2) is 23.1 Å². The highest BCUT2D eigenvalue weighted by Crippen LogP contribution is 2.30. The Morgan fingerprint density at radius 2 is 2.14 bits per heavy atom. The monoisotopic (exact) mass is 328 g/mol. The molecule has 0 radical (unpaired) electrons. The van der Waals surface area contributed by atoms with Gasteiger partial charge in [-0.05, 0) is 37.5 Å². The molecule has 21 heavy (non-hydrogen) atoms. The summed E-state index contributed by atoms with van der Waals surface area (Å²) in [6, 6.07) is 4.74. The second kappa shape index (κ2) is 6.02. The van der Waals surface area contributed by atoms with Crippen LogP contribution in [-0.4, -0.2) is 36.4 Å². The highest BCUT2D eigenvalue weighted by molar-refractivity contribution is 7.89. The fraction of sp³-hybridized carbons (Fsp3) is 0.385. The number of benzene rings is 1. The number of hydrogen-bond acceptors (Lipinski definition) is 4. The van der Waals surface area contributed by atoms with Gasteiger partial charge in [-0.2, -0.15) is 9.57 Å². The molecule has 1 heterocycles. The van der Waals surface area contributed by atoms with Crippen molar-refractivity contribution in [1.82, 2.24) is 4.31 Å². The first-order valence-electron chi connectivity index (χ1n) is 6.32. The molecule has 1 N–H and O–H groups in total. The van der Waals surface area contributed by atoms with Gasteiger partial charge in [-0.25, -0.2) is 13.2 Å². The zero-order valence-electron chi connectivity index (χ0n) is 11.0. The van der Waals surface area contributed by atoms with Crippen molar-refractivity contribution in [2.75, 3.05) is 6.54 Å². The molecule has 0 aromatic heterocycles. The summed E-state index contributed by atoms with van der Waals surface area (Å²) in [7, 11) is -3.91. The third kappa shape index (κ3) is 3.02. The predicted octanol–water partition coefficient (Wildman–Crippen LogP) is 2.10. The zero-order chi connectivity index (χ0) is 15.6. The van der Waals surface area contributed by atoms with Gasteiger partial charge in [0.1, 0.15) is 10.9 Å². The van der Waals surface area contributed by atoms with Gasteiger partial charge in [0.2, 0.25) is 10.0 Å². The van der Waals surface area contributed by atoms with Crippen LogP contribution in [0.2, 0.25) is 5.02 Å². The minimum atomic E-state index is -3.91. The molecule has 1 aromatic carbocycles. The molecule has 0 saturated carbocycles. The lowest BCUT2D eigenvalue weighted by molar-refractivity contribution is 0.0696. The summed E-state index contributed by atoms with van der Waals surface area (Å²) in [6.07, 6.45) is 1.97. The third-order valence-electron chi connectivity index (χ3n) is 3.37. The molecule has 1 aliphatic heterocycles. The second-order valence-electron chi connectivity index (χ2n) is 4.71. The fourth-order valence-corrected chi connectivity index (χ4v) is 4.42. The van der Waals surface area contributed by atoms with E-state index < -0.39 is 22.0 Å². The van der Waals surface area contributed by atoms with Crippen LogP contribution >= 0.6 is 11.6 Å².